The Labute approximate surface area is 88.7 Å². The number of fused-ring (bicyclic) bond motifs is 1. The number of aromatic nitrogens is 1. The molecule has 1 aromatic heterocycles. The first-order valence-electron chi connectivity index (χ1n) is 4.30. The maximum Gasteiger partial charge on any atom is 0.446 e. The summed E-state index contributed by atoms with van der Waals surface area (Å²) in [6.07, 6.45) is 0. The van der Waals surface area contributed by atoms with Crippen molar-refractivity contribution in [1.29, 1.82) is 0 Å². The highest BCUT2D eigenvalue weighted by Gasteiger charge is 2.31. The lowest BCUT2D eigenvalue weighted by Crippen LogP contribution is -1.99. The quantitative estimate of drug-likeness (QED) is 0.731. The van der Waals surface area contributed by atoms with Crippen LogP contribution in [-0.2, 0) is 0 Å². The molecule has 1 nitrogen and oxygen atoms in total. The zero-order valence-corrected chi connectivity index (χ0v) is 8.67. The van der Waals surface area contributed by atoms with Crippen molar-refractivity contribution in [3.63, 3.8) is 0 Å². The Balaban J connectivity index is 2.54. The molecule has 15 heavy (non-hydrogen) atoms. The van der Waals surface area contributed by atoms with Gasteiger partial charge in [-0.15, -0.1) is 0 Å². The summed E-state index contributed by atoms with van der Waals surface area (Å²) in [5.41, 5.74) is -2.95. The largest absolute Gasteiger partial charge is 0.446 e. The second kappa shape index (κ2) is 3.48. The number of hydrogen-bond acceptors (Lipinski definition) is 1. The van der Waals surface area contributed by atoms with Crippen LogP contribution in [0.4, 0.5) is 13.2 Å². The summed E-state index contributed by atoms with van der Waals surface area (Å²) in [6.45, 7) is 1.65. The lowest BCUT2D eigenvalue weighted by atomic mass is 10.2. The number of H-pyrrole nitrogens is 1. The number of aromatic amines is 1. The number of para-hydroxylation sites is 1. The molecule has 0 saturated heterocycles. The van der Waals surface area contributed by atoms with Gasteiger partial charge in [0, 0.05) is 21.5 Å². The zero-order chi connectivity index (χ0) is 11.1. The van der Waals surface area contributed by atoms with Gasteiger partial charge in [0.15, 0.2) is 0 Å². The van der Waals surface area contributed by atoms with Crippen LogP contribution >= 0.6 is 11.8 Å². The lowest BCUT2D eigenvalue weighted by molar-refractivity contribution is -0.0327. The first-order chi connectivity index (χ1) is 6.97. The molecule has 0 unspecified atom stereocenters. The zero-order valence-electron chi connectivity index (χ0n) is 7.85. The summed E-state index contributed by atoms with van der Waals surface area (Å²) in [4.78, 5) is 3.19. The van der Waals surface area contributed by atoms with Crippen LogP contribution < -0.4 is 0 Å². The molecule has 0 bridgehead atoms. The minimum atomic E-state index is -4.24. The monoisotopic (exact) mass is 231 g/mol. The minimum absolute atomic E-state index is 0.0677. The number of halogens is 3. The molecule has 0 spiro atoms. The van der Waals surface area contributed by atoms with E-state index in [1.807, 2.05) is 0 Å². The van der Waals surface area contributed by atoms with Crippen LogP contribution in [0.25, 0.3) is 10.9 Å². The van der Waals surface area contributed by atoms with Crippen LogP contribution in [0.5, 0.6) is 0 Å². The summed E-state index contributed by atoms with van der Waals surface area (Å²) in [5.74, 6) is 0. The molecule has 0 aliphatic heterocycles. The Kier molecular flexibility index (Phi) is 2.42. The van der Waals surface area contributed by atoms with E-state index >= 15 is 0 Å². The van der Waals surface area contributed by atoms with Crippen LogP contribution in [0.15, 0.2) is 29.2 Å². The maximum atomic E-state index is 12.3. The predicted molar refractivity (Wildman–Crippen MR) is 54.9 cm³/mol. The van der Waals surface area contributed by atoms with E-state index < -0.39 is 5.51 Å². The van der Waals surface area contributed by atoms with E-state index in [-0.39, 0.29) is 16.7 Å². The van der Waals surface area contributed by atoms with Gasteiger partial charge >= 0.3 is 5.51 Å². The van der Waals surface area contributed by atoms with Crippen molar-refractivity contribution >= 4 is 22.7 Å². The average molecular weight is 231 g/mol. The molecule has 0 aliphatic rings. The molecule has 0 aliphatic carbocycles. The number of nitrogens with one attached hydrogen (secondary N) is 1. The van der Waals surface area contributed by atoms with Gasteiger partial charge in [-0.25, -0.2) is 0 Å². The topological polar surface area (TPSA) is 15.8 Å². The third-order valence-corrected chi connectivity index (χ3v) is 3.01. The third kappa shape index (κ3) is 2.12. The molecule has 5 heteroatoms. The first-order valence-corrected chi connectivity index (χ1v) is 5.12. The van der Waals surface area contributed by atoms with E-state index in [2.05, 4.69) is 4.98 Å². The van der Waals surface area contributed by atoms with Crippen molar-refractivity contribution in [2.45, 2.75) is 17.3 Å². The van der Waals surface area contributed by atoms with Crippen LogP contribution in [0.3, 0.4) is 0 Å². The van der Waals surface area contributed by atoms with E-state index in [0.717, 1.165) is 5.52 Å². The molecule has 0 fully saturated rings. The van der Waals surface area contributed by atoms with E-state index in [1.54, 1.807) is 31.2 Å². The molecule has 0 radical (unpaired) electrons. The minimum Gasteiger partial charge on any atom is -0.358 e. The molecule has 2 rings (SSSR count). The van der Waals surface area contributed by atoms with E-state index in [9.17, 15) is 13.2 Å². The van der Waals surface area contributed by atoms with Crippen molar-refractivity contribution < 1.29 is 13.2 Å². The van der Waals surface area contributed by atoms with E-state index in [1.165, 1.54) is 0 Å². The molecule has 1 aromatic carbocycles. The van der Waals surface area contributed by atoms with Gasteiger partial charge in [-0.1, -0.05) is 18.2 Å². The molecular weight excluding hydrogens is 223 g/mol. The third-order valence-electron chi connectivity index (χ3n) is 2.05. The summed E-state index contributed by atoms with van der Waals surface area (Å²) in [5, 5.41) is 0.623. The smallest absolute Gasteiger partial charge is 0.358 e. The fourth-order valence-corrected chi connectivity index (χ4v) is 2.22. The number of aryl methyl sites for hydroxylation is 1. The van der Waals surface area contributed by atoms with Crippen molar-refractivity contribution in [3.05, 3.63) is 30.0 Å². The Hall–Kier alpha value is -1.10. The van der Waals surface area contributed by atoms with Crippen LogP contribution in [0.1, 0.15) is 5.69 Å². The molecular formula is C10H8F3NS. The fourth-order valence-electron chi connectivity index (χ4n) is 1.50. The highest BCUT2D eigenvalue weighted by molar-refractivity contribution is 8.00. The maximum absolute atomic E-state index is 12.3. The predicted octanol–water partition coefficient (Wildman–Crippen LogP) is 4.09. The molecule has 0 amide bonds. The van der Waals surface area contributed by atoms with Crippen molar-refractivity contribution in [2.24, 2.45) is 0 Å². The SMILES string of the molecule is Cc1[nH]c2ccccc2c1SC(F)(F)F. The Morgan fingerprint density at radius 3 is 2.53 bits per heavy atom. The Morgan fingerprint density at radius 2 is 1.87 bits per heavy atom. The highest BCUT2D eigenvalue weighted by Crippen LogP contribution is 2.41. The van der Waals surface area contributed by atoms with Gasteiger partial charge in [0.2, 0.25) is 0 Å². The fraction of sp³-hybridized carbons (Fsp3) is 0.200. The summed E-state index contributed by atoms with van der Waals surface area (Å²) < 4.78 is 36.8. The standard InChI is InChI=1S/C10H8F3NS/c1-6-9(15-10(11,12)13)7-4-2-3-5-8(7)14-6/h2-5,14H,1H3. The van der Waals surface area contributed by atoms with Gasteiger partial charge in [-0.3, -0.25) is 0 Å². The number of hydrogen-bond donors (Lipinski definition) is 1. The Bertz CT molecular complexity index is 487. The number of benzene rings is 1. The summed E-state index contributed by atoms with van der Waals surface area (Å²) >= 11 is -0.0677. The van der Waals surface area contributed by atoms with Gasteiger partial charge in [0.05, 0.1) is 0 Å². The normalized spacial score (nSPS) is 12.3. The van der Waals surface area contributed by atoms with Gasteiger partial charge < -0.3 is 4.98 Å². The summed E-state index contributed by atoms with van der Waals surface area (Å²) in [7, 11) is 0. The van der Waals surface area contributed by atoms with Crippen molar-refractivity contribution in [2.75, 3.05) is 0 Å². The molecule has 0 saturated carbocycles. The van der Waals surface area contributed by atoms with E-state index in [0.29, 0.717) is 11.1 Å². The summed E-state index contributed by atoms with van der Waals surface area (Å²) in [6, 6.07) is 6.98. The number of rotatable bonds is 1. The Morgan fingerprint density at radius 1 is 1.20 bits per heavy atom. The van der Waals surface area contributed by atoms with Crippen molar-refractivity contribution in [1.82, 2.24) is 4.98 Å². The molecule has 1 N–H and O–H groups in total. The first kappa shape index (κ1) is 10.4. The molecule has 0 atom stereocenters. The second-order valence-electron chi connectivity index (χ2n) is 3.17. The van der Waals surface area contributed by atoms with Gasteiger partial charge in [-0.05, 0) is 24.8 Å². The lowest BCUT2D eigenvalue weighted by Gasteiger charge is -2.04. The van der Waals surface area contributed by atoms with Crippen LogP contribution in [0, 0.1) is 6.92 Å². The van der Waals surface area contributed by atoms with Gasteiger partial charge in [0.1, 0.15) is 0 Å². The average Bonchev–Trinajstić information content (AvgIpc) is 2.41. The highest BCUT2D eigenvalue weighted by atomic mass is 32.2. The molecule has 80 valence electrons. The van der Waals surface area contributed by atoms with Gasteiger partial charge in [0.25, 0.3) is 0 Å². The number of alkyl halides is 3. The van der Waals surface area contributed by atoms with Crippen LogP contribution in [0.2, 0.25) is 0 Å². The molecule has 1 heterocycles. The van der Waals surface area contributed by atoms with Crippen LogP contribution in [-0.4, -0.2) is 10.5 Å². The second-order valence-corrected chi connectivity index (χ2v) is 4.25. The molecule has 2 aromatic rings. The number of thioether (sulfide) groups is 1. The van der Waals surface area contributed by atoms with Gasteiger partial charge in [-0.2, -0.15) is 13.2 Å². The van der Waals surface area contributed by atoms with E-state index in [4.69, 9.17) is 0 Å². The van der Waals surface area contributed by atoms with Crippen molar-refractivity contribution in [3.8, 4) is 0 Å².